The fourth-order valence-corrected chi connectivity index (χ4v) is 1.39. The third kappa shape index (κ3) is 5.53. The van der Waals surface area contributed by atoms with Crippen LogP contribution in [0, 0.1) is 10.1 Å². The number of nitrogens with zero attached hydrogens (tertiary/aromatic N) is 1. The van der Waals surface area contributed by atoms with Crippen molar-refractivity contribution >= 4 is 11.6 Å². The molecule has 116 valence electrons. The van der Waals surface area contributed by atoms with Gasteiger partial charge in [-0.15, -0.1) is 10.1 Å². The molecule has 9 heteroatoms. The van der Waals surface area contributed by atoms with Crippen molar-refractivity contribution in [2.24, 2.45) is 5.73 Å². The first kappa shape index (κ1) is 16.5. The van der Waals surface area contributed by atoms with E-state index in [1.807, 2.05) is 0 Å². The van der Waals surface area contributed by atoms with Crippen LogP contribution in [-0.4, -0.2) is 37.4 Å². The number of carbonyl (C=O) groups excluding carboxylic acids is 1. The van der Waals surface area contributed by atoms with Crippen LogP contribution in [0.25, 0.3) is 0 Å². The number of carbonyl (C=O) groups is 1. The maximum Gasteiger partial charge on any atom is 0.294 e. The number of nitrogens with two attached hydrogens (primary N) is 1. The Kier molecular flexibility index (Phi) is 6.21. The predicted octanol–water partition coefficient (Wildman–Crippen LogP) is 0.568. The minimum absolute atomic E-state index is 0.00597. The highest BCUT2D eigenvalue weighted by atomic mass is 17.0. The van der Waals surface area contributed by atoms with Crippen molar-refractivity contribution in [1.82, 2.24) is 0 Å². The number of benzene rings is 1. The molecule has 0 aliphatic heterocycles. The molecule has 21 heavy (non-hydrogen) atoms. The monoisotopic (exact) mass is 299 g/mol. The summed E-state index contributed by atoms with van der Waals surface area (Å²) in [6, 6.07) is 4.06. The van der Waals surface area contributed by atoms with Gasteiger partial charge < -0.3 is 25.4 Å². The molecule has 0 heterocycles. The Morgan fingerprint density at radius 1 is 1.48 bits per heavy atom. The van der Waals surface area contributed by atoms with Gasteiger partial charge in [0.1, 0.15) is 24.7 Å². The van der Waals surface area contributed by atoms with E-state index >= 15 is 0 Å². The topological polar surface area (TPSA) is 126 Å². The van der Waals surface area contributed by atoms with Crippen molar-refractivity contribution in [3.63, 3.8) is 0 Å². The lowest BCUT2D eigenvalue weighted by atomic mass is 10.2. The molecule has 0 saturated heterocycles. The van der Waals surface area contributed by atoms with Crippen molar-refractivity contribution in [1.29, 1.82) is 0 Å². The molecule has 0 fully saturated rings. The van der Waals surface area contributed by atoms with Crippen LogP contribution in [0.3, 0.4) is 0 Å². The molecule has 1 aromatic rings. The number of hydrogen-bond acceptors (Lipinski definition) is 7. The van der Waals surface area contributed by atoms with Crippen LogP contribution in [0.4, 0.5) is 5.69 Å². The van der Waals surface area contributed by atoms with E-state index in [0.29, 0.717) is 17.2 Å². The zero-order chi connectivity index (χ0) is 15.8. The Balaban J connectivity index is 2.70. The Hall–Kier alpha value is -2.55. The van der Waals surface area contributed by atoms with E-state index in [-0.39, 0.29) is 19.1 Å². The molecule has 0 bridgehead atoms. The van der Waals surface area contributed by atoms with E-state index in [4.69, 9.17) is 15.2 Å². The average Bonchev–Trinajstić information content (AvgIpc) is 2.43. The van der Waals surface area contributed by atoms with Gasteiger partial charge >= 0.3 is 0 Å². The molecule has 0 aliphatic rings. The van der Waals surface area contributed by atoms with Gasteiger partial charge in [0, 0.05) is 6.07 Å². The number of amides is 1. The number of ether oxygens (including phenoxy) is 2. The van der Waals surface area contributed by atoms with Crippen LogP contribution < -0.4 is 20.5 Å². The lowest BCUT2D eigenvalue weighted by molar-refractivity contribution is -0.757. The molecule has 0 spiro atoms. The molecule has 1 atom stereocenters. The fraction of sp³-hybridized carbons (Fsp3) is 0.417. The molecule has 0 aromatic heterocycles. The molecular formula is C12H17N3O6. The van der Waals surface area contributed by atoms with Crippen LogP contribution >= 0.6 is 0 Å². The number of anilines is 1. The third-order valence-corrected chi connectivity index (χ3v) is 2.39. The summed E-state index contributed by atoms with van der Waals surface area (Å²) in [7, 11) is 1.46. The summed E-state index contributed by atoms with van der Waals surface area (Å²) >= 11 is 0. The van der Waals surface area contributed by atoms with E-state index < -0.39 is 11.1 Å². The van der Waals surface area contributed by atoms with Crippen molar-refractivity contribution in [2.75, 3.05) is 25.6 Å². The molecule has 9 nitrogen and oxygen atoms in total. The van der Waals surface area contributed by atoms with E-state index in [9.17, 15) is 14.9 Å². The fourth-order valence-electron chi connectivity index (χ4n) is 1.39. The van der Waals surface area contributed by atoms with Crippen LogP contribution in [0.1, 0.15) is 6.92 Å². The Labute approximate surface area is 121 Å². The summed E-state index contributed by atoms with van der Waals surface area (Å²) in [6.07, 6.45) is 0. The summed E-state index contributed by atoms with van der Waals surface area (Å²) < 4.78 is 10.4. The van der Waals surface area contributed by atoms with Gasteiger partial charge in [0.05, 0.1) is 18.8 Å². The zero-order valence-corrected chi connectivity index (χ0v) is 11.7. The number of rotatable bonds is 8. The third-order valence-electron chi connectivity index (χ3n) is 2.39. The van der Waals surface area contributed by atoms with Gasteiger partial charge in [-0.3, -0.25) is 4.79 Å². The first-order valence-electron chi connectivity index (χ1n) is 6.08. The maximum absolute atomic E-state index is 11.6. The van der Waals surface area contributed by atoms with E-state index in [1.54, 1.807) is 19.1 Å². The van der Waals surface area contributed by atoms with E-state index in [0.717, 1.165) is 0 Å². The first-order valence-corrected chi connectivity index (χ1v) is 6.08. The number of methoxy groups -OCH3 is 1. The summed E-state index contributed by atoms with van der Waals surface area (Å²) in [4.78, 5) is 25.7. The Morgan fingerprint density at radius 3 is 2.76 bits per heavy atom. The maximum atomic E-state index is 11.6. The van der Waals surface area contributed by atoms with Crippen molar-refractivity contribution in [3.8, 4) is 11.5 Å². The van der Waals surface area contributed by atoms with Gasteiger partial charge in [-0.2, -0.15) is 0 Å². The Bertz CT molecular complexity index is 506. The van der Waals surface area contributed by atoms with E-state index in [2.05, 4.69) is 10.2 Å². The summed E-state index contributed by atoms with van der Waals surface area (Å²) in [6.45, 7) is 1.35. The SMILES string of the molecule is COc1ccc(OCCO[N+](=O)[O-])cc1NC(=O)C(C)N. The normalized spacial score (nSPS) is 11.4. The van der Waals surface area contributed by atoms with Gasteiger partial charge in [0.15, 0.2) is 0 Å². The van der Waals surface area contributed by atoms with Crippen molar-refractivity contribution in [3.05, 3.63) is 28.3 Å². The zero-order valence-electron chi connectivity index (χ0n) is 11.7. The summed E-state index contributed by atoms with van der Waals surface area (Å²) in [5.74, 6) is 0.475. The van der Waals surface area contributed by atoms with Crippen LogP contribution in [-0.2, 0) is 9.63 Å². The highest BCUT2D eigenvalue weighted by Crippen LogP contribution is 2.29. The highest BCUT2D eigenvalue weighted by molar-refractivity contribution is 5.95. The average molecular weight is 299 g/mol. The van der Waals surface area contributed by atoms with Crippen LogP contribution in [0.2, 0.25) is 0 Å². The molecule has 1 unspecified atom stereocenters. The van der Waals surface area contributed by atoms with Gasteiger partial charge in [0.2, 0.25) is 5.91 Å². The number of nitrogens with one attached hydrogen (secondary N) is 1. The van der Waals surface area contributed by atoms with Gasteiger partial charge in [0.25, 0.3) is 5.09 Å². The summed E-state index contributed by atoms with van der Waals surface area (Å²) in [5.41, 5.74) is 5.87. The lowest BCUT2D eigenvalue weighted by Crippen LogP contribution is -2.32. The molecule has 1 amide bonds. The van der Waals surface area contributed by atoms with Gasteiger partial charge in [-0.1, -0.05) is 0 Å². The second kappa shape index (κ2) is 7.90. The summed E-state index contributed by atoms with van der Waals surface area (Å²) in [5, 5.41) is 11.7. The smallest absolute Gasteiger partial charge is 0.294 e. The second-order valence-corrected chi connectivity index (χ2v) is 4.05. The lowest BCUT2D eigenvalue weighted by Gasteiger charge is -2.13. The van der Waals surface area contributed by atoms with Crippen LogP contribution in [0.5, 0.6) is 11.5 Å². The van der Waals surface area contributed by atoms with Gasteiger partial charge in [-0.05, 0) is 19.1 Å². The van der Waals surface area contributed by atoms with Crippen molar-refractivity contribution in [2.45, 2.75) is 13.0 Å². The molecule has 3 N–H and O–H groups in total. The van der Waals surface area contributed by atoms with Gasteiger partial charge in [-0.25, -0.2) is 0 Å². The number of hydrogen-bond donors (Lipinski definition) is 2. The molecular weight excluding hydrogens is 282 g/mol. The molecule has 0 aliphatic carbocycles. The molecule has 1 rings (SSSR count). The molecule has 1 aromatic carbocycles. The Morgan fingerprint density at radius 2 is 2.19 bits per heavy atom. The quantitative estimate of drug-likeness (QED) is 0.408. The van der Waals surface area contributed by atoms with Crippen LogP contribution in [0.15, 0.2) is 18.2 Å². The highest BCUT2D eigenvalue weighted by Gasteiger charge is 2.12. The largest absolute Gasteiger partial charge is 0.495 e. The minimum atomic E-state index is -0.897. The molecule has 0 saturated carbocycles. The molecule has 0 radical (unpaired) electrons. The second-order valence-electron chi connectivity index (χ2n) is 4.05. The minimum Gasteiger partial charge on any atom is -0.495 e. The van der Waals surface area contributed by atoms with E-state index in [1.165, 1.54) is 13.2 Å². The predicted molar refractivity (Wildman–Crippen MR) is 73.7 cm³/mol. The first-order chi connectivity index (χ1) is 9.93. The van der Waals surface area contributed by atoms with Crippen molar-refractivity contribution < 1.29 is 24.2 Å². The standard InChI is InChI=1S/C12H17N3O6/c1-8(13)12(16)14-10-7-9(3-4-11(10)19-2)20-5-6-21-15(17)18/h3-4,7-8H,5-6,13H2,1-2H3,(H,14,16).